The quantitative estimate of drug-likeness (QED) is 0.810. The Labute approximate surface area is 147 Å². The number of piperidine rings is 1. The number of rotatable bonds is 6. The first-order valence-electron chi connectivity index (χ1n) is 10.2. The molecule has 0 radical (unpaired) electrons. The van der Waals surface area contributed by atoms with E-state index < -0.39 is 0 Å². The summed E-state index contributed by atoms with van der Waals surface area (Å²) in [5.74, 6) is 1.57. The van der Waals surface area contributed by atoms with E-state index >= 15 is 0 Å². The highest BCUT2D eigenvalue weighted by Gasteiger charge is 2.58. The number of carbonyl (C=O) groups is 1. The van der Waals surface area contributed by atoms with Gasteiger partial charge in [-0.2, -0.15) is 0 Å². The van der Waals surface area contributed by atoms with Gasteiger partial charge in [-0.05, 0) is 64.0 Å². The van der Waals surface area contributed by atoms with E-state index in [1.165, 1.54) is 38.5 Å². The van der Waals surface area contributed by atoms with Crippen LogP contribution in [0.25, 0.3) is 0 Å². The van der Waals surface area contributed by atoms with Gasteiger partial charge in [0.05, 0.1) is 6.10 Å². The molecule has 0 aromatic heterocycles. The molecule has 138 valence electrons. The summed E-state index contributed by atoms with van der Waals surface area (Å²) in [7, 11) is 2.05. The second-order valence-electron chi connectivity index (χ2n) is 8.41. The summed E-state index contributed by atoms with van der Waals surface area (Å²) >= 11 is 0. The summed E-state index contributed by atoms with van der Waals surface area (Å²) in [5.41, 5.74) is 0.262. The number of nitrogens with one attached hydrogen (secondary N) is 1. The summed E-state index contributed by atoms with van der Waals surface area (Å²) in [6, 6.07) is 0.407. The van der Waals surface area contributed by atoms with Crippen LogP contribution in [0.15, 0.2) is 0 Å². The topological polar surface area (TPSA) is 41.6 Å². The SMILES string of the molecule is CCOC1CC(N(C)C(=O)CC(C)C2CCNCC2)C12CCCC2. The molecule has 0 aromatic carbocycles. The Kier molecular flexibility index (Phi) is 5.86. The van der Waals surface area contributed by atoms with E-state index in [-0.39, 0.29) is 5.41 Å². The number of carbonyl (C=O) groups excluding carboxylic acids is 1. The molecule has 1 N–H and O–H groups in total. The molecular formula is C20H36N2O2. The maximum absolute atomic E-state index is 12.9. The maximum Gasteiger partial charge on any atom is 0.222 e. The zero-order valence-electron chi connectivity index (χ0n) is 15.9. The first kappa shape index (κ1) is 18.2. The Bertz CT molecular complexity index is 427. The number of nitrogens with zero attached hydrogens (tertiary/aromatic N) is 1. The van der Waals surface area contributed by atoms with Gasteiger partial charge >= 0.3 is 0 Å². The second kappa shape index (κ2) is 7.74. The summed E-state index contributed by atoms with van der Waals surface area (Å²) in [4.78, 5) is 15.0. The fraction of sp³-hybridized carbons (Fsp3) is 0.950. The number of hydrogen-bond acceptors (Lipinski definition) is 3. The summed E-state index contributed by atoms with van der Waals surface area (Å²) < 4.78 is 6.01. The van der Waals surface area contributed by atoms with E-state index in [4.69, 9.17) is 4.74 Å². The average Bonchev–Trinajstić information content (AvgIpc) is 3.11. The van der Waals surface area contributed by atoms with Crippen LogP contribution in [0.2, 0.25) is 0 Å². The molecule has 3 rings (SSSR count). The van der Waals surface area contributed by atoms with Crippen LogP contribution in [0.3, 0.4) is 0 Å². The summed E-state index contributed by atoms with van der Waals surface area (Å²) in [5, 5.41) is 3.42. The van der Waals surface area contributed by atoms with Crippen molar-refractivity contribution in [2.45, 2.75) is 77.4 Å². The van der Waals surface area contributed by atoms with Gasteiger partial charge in [0.2, 0.25) is 5.91 Å². The molecule has 3 unspecified atom stereocenters. The van der Waals surface area contributed by atoms with E-state index in [1.807, 2.05) is 7.05 Å². The van der Waals surface area contributed by atoms with E-state index in [0.717, 1.165) is 26.1 Å². The summed E-state index contributed by atoms with van der Waals surface area (Å²) in [6.07, 6.45) is 9.65. The van der Waals surface area contributed by atoms with Crippen molar-refractivity contribution in [2.24, 2.45) is 17.3 Å². The minimum absolute atomic E-state index is 0.262. The van der Waals surface area contributed by atoms with Crippen molar-refractivity contribution < 1.29 is 9.53 Å². The maximum atomic E-state index is 12.9. The largest absolute Gasteiger partial charge is 0.378 e. The van der Waals surface area contributed by atoms with Crippen LogP contribution in [-0.4, -0.2) is 49.7 Å². The van der Waals surface area contributed by atoms with Crippen molar-refractivity contribution in [1.82, 2.24) is 10.2 Å². The van der Waals surface area contributed by atoms with Gasteiger partial charge in [0.25, 0.3) is 0 Å². The van der Waals surface area contributed by atoms with Gasteiger partial charge in [0.1, 0.15) is 0 Å². The van der Waals surface area contributed by atoms with Crippen molar-refractivity contribution >= 4 is 5.91 Å². The minimum atomic E-state index is 0.262. The highest BCUT2D eigenvalue weighted by atomic mass is 16.5. The van der Waals surface area contributed by atoms with Crippen LogP contribution < -0.4 is 5.32 Å². The zero-order valence-corrected chi connectivity index (χ0v) is 15.9. The van der Waals surface area contributed by atoms with Gasteiger partial charge in [-0.1, -0.05) is 19.8 Å². The molecule has 24 heavy (non-hydrogen) atoms. The fourth-order valence-electron chi connectivity index (χ4n) is 5.57. The Morgan fingerprint density at radius 2 is 1.96 bits per heavy atom. The van der Waals surface area contributed by atoms with Crippen molar-refractivity contribution in [3.63, 3.8) is 0 Å². The Balaban J connectivity index is 1.57. The van der Waals surface area contributed by atoms with Crippen LogP contribution in [-0.2, 0) is 9.53 Å². The van der Waals surface area contributed by atoms with Gasteiger partial charge in [-0.15, -0.1) is 0 Å². The molecule has 1 amide bonds. The van der Waals surface area contributed by atoms with Crippen LogP contribution in [0.1, 0.15) is 65.2 Å². The van der Waals surface area contributed by atoms with Gasteiger partial charge in [-0.3, -0.25) is 4.79 Å². The van der Waals surface area contributed by atoms with Gasteiger partial charge in [0.15, 0.2) is 0 Å². The second-order valence-corrected chi connectivity index (χ2v) is 8.41. The monoisotopic (exact) mass is 336 g/mol. The molecule has 1 aliphatic heterocycles. The van der Waals surface area contributed by atoms with Gasteiger partial charge in [0, 0.05) is 31.5 Å². The first-order valence-corrected chi connectivity index (χ1v) is 10.2. The van der Waals surface area contributed by atoms with Crippen molar-refractivity contribution in [2.75, 3.05) is 26.7 Å². The molecule has 3 atom stereocenters. The molecule has 3 fully saturated rings. The third-order valence-corrected chi connectivity index (χ3v) is 7.19. The highest BCUT2D eigenvalue weighted by molar-refractivity contribution is 5.76. The van der Waals surface area contributed by atoms with Crippen LogP contribution in [0.5, 0.6) is 0 Å². The lowest BCUT2D eigenvalue weighted by Gasteiger charge is -2.57. The van der Waals surface area contributed by atoms with E-state index in [1.54, 1.807) is 0 Å². The highest BCUT2D eigenvalue weighted by Crippen LogP contribution is 2.56. The predicted octanol–water partition coefficient (Wildman–Crippen LogP) is 3.21. The lowest BCUT2D eigenvalue weighted by atomic mass is 9.60. The Morgan fingerprint density at radius 1 is 1.29 bits per heavy atom. The lowest BCUT2D eigenvalue weighted by molar-refractivity contribution is -0.173. The molecular weight excluding hydrogens is 300 g/mol. The molecule has 1 heterocycles. The number of ether oxygens (including phenoxy) is 1. The Morgan fingerprint density at radius 3 is 2.58 bits per heavy atom. The van der Waals surface area contributed by atoms with Gasteiger partial charge in [-0.25, -0.2) is 0 Å². The number of hydrogen-bond donors (Lipinski definition) is 1. The smallest absolute Gasteiger partial charge is 0.222 e. The third kappa shape index (κ3) is 3.37. The fourth-order valence-corrected chi connectivity index (χ4v) is 5.57. The zero-order chi connectivity index (χ0) is 17.2. The molecule has 3 aliphatic rings. The molecule has 0 bridgehead atoms. The van der Waals surface area contributed by atoms with E-state index in [2.05, 4.69) is 24.1 Å². The minimum Gasteiger partial charge on any atom is -0.378 e. The normalized spacial score (nSPS) is 31.0. The van der Waals surface area contributed by atoms with Crippen molar-refractivity contribution in [3.05, 3.63) is 0 Å². The molecule has 2 aliphatic carbocycles. The average molecular weight is 337 g/mol. The standard InChI is InChI=1S/C20H36N2O2/c1-4-24-18-14-17(20(18)9-5-6-10-20)22(3)19(23)13-15(2)16-7-11-21-12-8-16/h15-18,21H,4-14H2,1-3H3. The van der Waals surface area contributed by atoms with Gasteiger partial charge < -0.3 is 15.0 Å². The summed E-state index contributed by atoms with van der Waals surface area (Å²) in [6.45, 7) is 7.38. The van der Waals surface area contributed by atoms with Crippen LogP contribution >= 0.6 is 0 Å². The molecule has 1 saturated heterocycles. The third-order valence-electron chi connectivity index (χ3n) is 7.19. The van der Waals surface area contributed by atoms with E-state index in [9.17, 15) is 4.79 Å². The molecule has 4 heteroatoms. The van der Waals surface area contributed by atoms with Crippen molar-refractivity contribution in [3.8, 4) is 0 Å². The van der Waals surface area contributed by atoms with E-state index in [0.29, 0.717) is 36.3 Å². The first-order chi connectivity index (χ1) is 11.6. The van der Waals surface area contributed by atoms with Crippen molar-refractivity contribution in [1.29, 1.82) is 0 Å². The van der Waals surface area contributed by atoms with Crippen LogP contribution in [0.4, 0.5) is 0 Å². The molecule has 4 nitrogen and oxygen atoms in total. The number of amides is 1. The lowest BCUT2D eigenvalue weighted by Crippen LogP contribution is -2.64. The predicted molar refractivity (Wildman–Crippen MR) is 96.9 cm³/mol. The van der Waals surface area contributed by atoms with Crippen LogP contribution in [0, 0.1) is 17.3 Å². The molecule has 1 spiro atoms. The molecule has 0 aromatic rings. The Hall–Kier alpha value is -0.610. The molecule has 2 saturated carbocycles.